The minimum Gasteiger partial charge on any atom is -0.480 e. The van der Waals surface area contributed by atoms with Crippen molar-refractivity contribution in [1.82, 2.24) is 0 Å². The van der Waals surface area contributed by atoms with E-state index in [1.165, 1.54) is 0 Å². The number of hydrogen-bond acceptors (Lipinski definition) is 4. The van der Waals surface area contributed by atoms with E-state index in [0.29, 0.717) is 19.4 Å². The van der Waals surface area contributed by atoms with Crippen molar-refractivity contribution in [2.45, 2.75) is 25.0 Å². The third kappa shape index (κ3) is 9.97. The molecule has 0 aliphatic heterocycles. The van der Waals surface area contributed by atoms with Crippen molar-refractivity contribution < 1.29 is 20.5 Å². The summed E-state index contributed by atoms with van der Waals surface area (Å²) in [4.78, 5) is 10.2. The maximum absolute atomic E-state index is 10.2. The van der Waals surface area contributed by atoms with Crippen molar-refractivity contribution in [3.63, 3.8) is 0 Å². The molecule has 0 heterocycles. The molecule has 14 heavy (non-hydrogen) atoms. The lowest BCUT2D eigenvalue weighted by molar-refractivity contribution is -0.141. The highest BCUT2D eigenvalue weighted by atomic mass is 35.5. The van der Waals surface area contributed by atoms with Crippen LogP contribution in [0.2, 0.25) is 0 Å². The third-order valence-corrected chi connectivity index (χ3v) is 1.40. The van der Waals surface area contributed by atoms with Gasteiger partial charge >= 0.3 is 5.97 Å². The molecule has 6 nitrogen and oxygen atoms in total. The van der Waals surface area contributed by atoms with Crippen LogP contribution in [0.4, 0.5) is 0 Å². The summed E-state index contributed by atoms with van der Waals surface area (Å²) in [5.74, 6) is -1.19. The van der Waals surface area contributed by atoms with Gasteiger partial charge in [0.25, 0.3) is 0 Å². The zero-order chi connectivity index (χ0) is 8.85. The van der Waals surface area contributed by atoms with Crippen LogP contribution in [0, 0.1) is 0 Å². The van der Waals surface area contributed by atoms with Crippen molar-refractivity contribution in [1.29, 1.82) is 0 Å². The molecular formula is C6H18Cl2N2O4. The van der Waals surface area contributed by atoms with E-state index in [1.54, 1.807) is 0 Å². The van der Waals surface area contributed by atoms with Crippen molar-refractivity contribution in [3.8, 4) is 0 Å². The molecule has 0 fully saturated rings. The van der Waals surface area contributed by atoms with Crippen molar-refractivity contribution in [2.75, 3.05) is 6.54 Å². The number of carbonyl (C=O) groups is 1. The number of hydrogen-bond donors (Lipinski definition) is 4. The zero-order valence-electron chi connectivity index (χ0n) is 7.55. The van der Waals surface area contributed by atoms with E-state index in [1.807, 2.05) is 0 Å². The van der Waals surface area contributed by atoms with Gasteiger partial charge in [0.2, 0.25) is 0 Å². The maximum Gasteiger partial charge on any atom is 0.323 e. The van der Waals surface area contributed by atoms with E-state index in [2.05, 4.69) is 0 Å². The lowest BCUT2D eigenvalue weighted by Crippen LogP contribution is -2.41. The number of halogens is 2. The summed E-state index contributed by atoms with van der Waals surface area (Å²) in [5.41, 5.74) is 10.3. The van der Waals surface area contributed by atoms with Crippen LogP contribution in [0.15, 0.2) is 0 Å². The number of rotatable bonds is 5. The summed E-state index contributed by atoms with van der Waals surface area (Å²) in [6.45, 7) is 0.434. The van der Waals surface area contributed by atoms with Crippen LogP contribution in [0.5, 0.6) is 0 Å². The van der Waals surface area contributed by atoms with Gasteiger partial charge in [-0.3, -0.25) is 4.79 Å². The second kappa shape index (κ2) is 12.9. The highest BCUT2D eigenvalue weighted by Gasteiger charge is 2.20. The first-order chi connectivity index (χ1) is 5.09. The number of aliphatic hydroxyl groups excluding tert-OH is 1. The highest BCUT2D eigenvalue weighted by Crippen LogP contribution is 1.99. The molecule has 0 aromatic rings. The van der Waals surface area contributed by atoms with Crippen LogP contribution < -0.4 is 11.5 Å². The fourth-order valence-electron chi connectivity index (χ4n) is 0.671. The average Bonchev–Trinajstić information content (AvgIpc) is 1.98. The van der Waals surface area contributed by atoms with E-state index in [4.69, 9.17) is 21.7 Å². The van der Waals surface area contributed by atoms with Crippen LogP contribution in [-0.2, 0) is 4.79 Å². The highest BCUT2D eigenvalue weighted by molar-refractivity contribution is 5.85. The Morgan fingerprint density at radius 2 is 1.79 bits per heavy atom. The molecule has 0 radical (unpaired) electrons. The van der Waals surface area contributed by atoms with Gasteiger partial charge in [-0.05, 0) is 19.4 Å². The molecule has 0 spiro atoms. The van der Waals surface area contributed by atoms with Crippen LogP contribution in [0.25, 0.3) is 0 Å². The molecule has 0 saturated carbocycles. The van der Waals surface area contributed by atoms with Gasteiger partial charge in [0, 0.05) is 0 Å². The standard InChI is InChI=1S/C6H14N2O3.2ClH.H2O/c7-3-1-2-4(9)5(8)6(10)11;;;/h4-5,9H,1-3,7-8H2,(H,10,11);2*1H;1H2/t4?,5-;;;/m0.../s1. The predicted octanol–water partition coefficient (Wildman–Crippen LogP) is -1.48. The lowest BCUT2D eigenvalue weighted by Gasteiger charge is -2.13. The van der Waals surface area contributed by atoms with Crippen LogP contribution in [-0.4, -0.2) is 40.3 Å². The molecule has 8 heteroatoms. The molecular weight excluding hydrogens is 235 g/mol. The molecule has 0 aromatic heterocycles. The number of carboxylic acid groups (broad SMARTS) is 1. The molecule has 90 valence electrons. The Morgan fingerprint density at radius 3 is 2.07 bits per heavy atom. The van der Waals surface area contributed by atoms with Gasteiger partial charge < -0.3 is 27.2 Å². The topological polar surface area (TPSA) is 141 Å². The minimum absolute atomic E-state index is 0. The van der Waals surface area contributed by atoms with E-state index in [9.17, 15) is 4.79 Å². The van der Waals surface area contributed by atoms with Crippen molar-refractivity contribution >= 4 is 30.8 Å². The molecule has 0 amide bonds. The number of nitrogens with two attached hydrogens (primary N) is 2. The molecule has 0 aliphatic carbocycles. The minimum atomic E-state index is -1.19. The van der Waals surface area contributed by atoms with Gasteiger partial charge in [0.1, 0.15) is 6.04 Å². The number of aliphatic carboxylic acids is 1. The Labute approximate surface area is 94.8 Å². The number of carboxylic acids is 1. The normalized spacial score (nSPS) is 12.5. The van der Waals surface area contributed by atoms with Crippen LogP contribution in [0.1, 0.15) is 12.8 Å². The Bertz CT molecular complexity index is 139. The van der Waals surface area contributed by atoms with Gasteiger partial charge in [-0.15, -0.1) is 24.8 Å². The fraction of sp³-hybridized carbons (Fsp3) is 0.833. The molecule has 0 rings (SSSR count). The molecule has 2 atom stereocenters. The Morgan fingerprint density at radius 1 is 1.36 bits per heavy atom. The van der Waals surface area contributed by atoms with Gasteiger partial charge in [-0.2, -0.15) is 0 Å². The summed E-state index contributed by atoms with van der Waals surface area (Å²) in [5, 5.41) is 17.4. The summed E-state index contributed by atoms with van der Waals surface area (Å²) < 4.78 is 0. The first-order valence-electron chi connectivity index (χ1n) is 3.46. The second-order valence-corrected chi connectivity index (χ2v) is 2.36. The van der Waals surface area contributed by atoms with E-state index >= 15 is 0 Å². The van der Waals surface area contributed by atoms with Gasteiger partial charge in [0.15, 0.2) is 0 Å². The lowest BCUT2D eigenvalue weighted by atomic mass is 10.1. The van der Waals surface area contributed by atoms with Gasteiger partial charge in [-0.1, -0.05) is 0 Å². The summed E-state index contributed by atoms with van der Waals surface area (Å²) in [6.07, 6.45) is -0.0670. The molecule has 0 saturated heterocycles. The largest absolute Gasteiger partial charge is 0.480 e. The molecule has 8 N–H and O–H groups in total. The number of aliphatic hydroxyl groups is 1. The van der Waals surface area contributed by atoms with Crippen LogP contribution >= 0.6 is 24.8 Å². The molecule has 1 unspecified atom stereocenters. The average molecular weight is 253 g/mol. The monoisotopic (exact) mass is 252 g/mol. The summed E-state index contributed by atoms with van der Waals surface area (Å²) in [7, 11) is 0. The molecule has 0 bridgehead atoms. The fourth-order valence-corrected chi connectivity index (χ4v) is 0.671. The quantitative estimate of drug-likeness (QED) is 0.472. The van der Waals surface area contributed by atoms with E-state index in [0.717, 1.165) is 0 Å². The first-order valence-corrected chi connectivity index (χ1v) is 3.46. The van der Waals surface area contributed by atoms with Gasteiger partial charge in [-0.25, -0.2) is 0 Å². The van der Waals surface area contributed by atoms with Crippen molar-refractivity contribution in [2.24, 2.45) is 11.5 Å². The van der Waals surface area contributed by atoms with Crippen LogP contribution in [0.3, 0.4) is 0 Å². The molecule has 0 aromatic carbocycles. The predicted molar refractivity (Wildman–Crippen MR) is 58.0 cm³/mol. The van der Waals surface area contributed by atoms with Gasteiger partial charge in [0.05, 0.1) is 6.10 Å². The smallest absolute Gasteiger partial charge is 0.323 e. The van der Waals surface area contributed by atoms with E-state index < -0.39 is 18.1 Å². The first kappa shape index (κ1) is 23.6. The Hall–Kier alpha value is -0.110. The summed E-state index contributed by atoms with van der Waals surface area (Å²) in [6, 6.07) is -1.19. The molecule has 0 aliphatic rings. The maximum atomic E-state index is 10.2. The third-order valence-electron chi connectivity index (χ3n) is 1.40. The SMILES string of the molecule is Cl.Cl.NCCCC(O)[C@H](N)C(=O)O.O. The summed E-state index contributed by atoms with van der Waals surface area (Å²) >= 11 is 0. The van der Waals surface area contributed by atoms with Crippen molar-refractivity contribution in [3.05, 3.63) is 0 Å². The Kier molecular flexibility index (Phi) is 21.7. The Balaban J connectivity index is -0.000000167. The zero-order valence-corrected chi connectivity index (χ0v) is 9.18. The second-order valence-electron chi connectivity index (χ2n) is 2.36. The van der Waals surface area contributed by atoms with E-state index in [-0.39, 0.29) is 30.3 Å².